The first kappa shape index (κ1) is 12.4. The van der Waals surface area contributed by atoms with Gasteiger partial charge in [-0.25, -0.2) is 0 Å². The van der Waals surface area contributed by atoms with Crippen molar-refractivity contribution in [2.75, 3.05) is 6.61 Å². The largest absolute Gasteiger partial charge is 0.484 e. The molecule has 3 nitrogen and oxygen atoms in total. The number of hydrogen-bond donors (Lipinski definition) is 1. The molecule has 0 heterocycles. The summed E-state index contributed by atoms with van der Waals surface area (Å²) in [6.07, 6.45) is 3.15. The second-order valence-electron chi connectivity index (χ2n) is 4.28. The Morgan fingerprint density at radius 2 is 2.24 bits per heavy atom. The van der Waals surface area contributed by atoms with Gasteiger partial charge in [0.15, 0.2) is 6.61 Å². The van der Waals surface area contributed by atoms with E-state index in [4.69, 9.17) is 4.74 Å². The predicted octanol–water partition coefficient (Wildman–Crippen LogP) is 2.67. The number of carbonyl (C=O) groups excluding carboxylic acids is 1. The first-order valence-electron chi connectivity index (χ1n) is 5.89. The molecular weight excluding hydrogens is 282 g/mol. The van der Waals surface area contributed by atoms with Crippen LogP contribution >= 0.6 is 15.9 Å². The normalized spacial score (nSPS) is 14.5. The molecular formula is C13H16BrNO2. The maximum Gasteiger partial charge on any atom is 0.258 e. The molecule has 1 aliphatic carbocycles. The third-order valence-electron chi connectivity index (χ3n) is 2.65. The summed E-state index contributed by atoms with van der Waals surface area (Å²) >= 11 is 3.43. The van der Waals surface area contributed by atoms with E-state index in [-0.39, 0.29) is 12.5 Å². The van der Waals surface area contributed by atoms with Crippen LogP contribution in [0, 0.1) is 0 Å². The van der Waals surface area contributed by atoms with Crippen molar-refractivity contribution in [3.05, 3.63) is 28.2 Å². The maximum atomic E-state index is 11.5. The van der Waals surface area contributed by atoms with Crippen LogP contribution in [0.4, 0.5) is 0 Å². The predicted molar refractivity (Wildman–Crippen MR) is 70.2 cm³/mol. The van der Waals surface area contributed by atoms with Crippen LogP contribution in [0.3, 0.4) is 0 Å². The summed E-state index contributed by atoms with van der Waals surface area (Å²) in [5.74, 6) is 0.702. The molecule has 1 aromatic rings. The lowest BCUT2D eigenvalue weighted by Crippen LogP contribution is -2.30. The van der Waals surface area contributed by atoms with E-state index in [1.54, 1.807) is 0 Å². The van der Waals surface area contributed by atoms with Gasteiger partial charge in [0.05, 0.1) is 0 Å². The average Bonchev–Trinajstić information content (AvgIpc) is 3.09. The number of hydrogen-bond acceptors (Lipinski definition) is 2. The lowest BCUT2D eigenvalue weighted by molar-refractivity contribution is -0.123. The highest BCUT2D eigenvalue weighted by Gasteiger charge is 2.23. The van der Waals surface area contributed by atoms with Crippen molar-refractivity contribution in [2.24, 2.45) is 0 Å². The minimum Gasteiger partial charge on any atom is -0.484 e. The van der Waals surface area contributed by atoms with Crippen LogP contribution in [-0.2, 0) is 11.2 Å². The molecule has 0 bridgehead atoms. The Balaban J connectivity index is 1.88. The zero-order chi connectivity index (χ0) is 12.3. The molecule has 1 N–H and O–H groups in total. The second-order valence-corrected chi connectivity index (χ2v) is 5.19. The quantitative estimate of drug-likeness (QED) is 0.907. The number of aryl methyl sites for hydroxylation is 1. The van der Waals surface area contributed by atoms with Gasteiger partial charge in [0.25, 0.3) is 5.91 Å². The average molecular weight is 298 g/mol. The van der Waals surface area contributed by atoms with E-state index >= 15 is 0 Å². The van der Waals surface area contributed by atoms with Crippen molar-refractivity contribution in [3.63, 3.8) is 0 Å². The van der Waals surface area contributed by atoms with Gasteiger partial charge in [-0.1, -0.05) is 22.9 Å². The fourth-order valence-electron chi connectivity index (χ4n) is 1.55. The Kier molecular flexibility index (Phi) is 4.05. The van der Waals surface area contributed by atoms with E-state index in [1.807, 2.05) is 12.1 Å². The molecule has 1 saturated carbocycles. The van der Waals surface area contributed by atoms with Gasteiger partial charge in [0.2, 0.25) is 0 Å². The Labute approximate surface area is 110 Å². The van der Waals surface area contributed by atoms with Gasteiger partial charge in [0, 0.05) is 10.5 Å². The Morgan fingerprint density at radius 1 is 1.47 bits per heavy atom. The van der Waals surface area contributed by atoms with Crippen LogP contribution < -0.4 is 10.1 Å². The summed E-state index contributed by atoms with van der Waals surface area (Å²) in [5, 5.41) is 2.89. The molecule has 1 amide bonds. The Morgan fingerprint density at radius 3 is 2.88 bits per heavy atom. The number of rotatable bonds is 5. The molecule has 1 aromatic carbocycles. The van der Waals surface area contributed by atoms with Gasteiger partial charge in [-0.3, -0.25) is 4.79 Å². The standard InChI is InChI=1S/C13H16BrNO2/c1-2-9-5-10(14)7-12(6-9)17-8-13(16)15-11-3-4-11/h5-7,11H,2-4,8H2,1H3,(H,15,16). The molecule has 92 valence electrons. The Hall–Kier alpha value is -1.03. The summed E-state index contributed by atoms with van der Waals surface area (Å²) < 4.78 is 6.46. The van der Waals surface area contributed by atoms with E-state index in [1.165, 1.54) is 5.56 Å². The molecule has 2 rings (SSSR count). The number of ether oxygens (including phenoxy) is 1. The molecule has 0 radical (unpaired) electrons. The zero-order valence-corrected chi connectivity index (χ0v) is 11.4. The molecule has 4 heteroatoms. The van der Waals surface area contributed by atoms with Crippen molar-refractivity contribution >= 4 is 21.8 Å². The summed E-state index contributed by atoms with van der Waals surface area (Å²) in [7, 11) is 0. The first-order valence-corrected chi connectivity index (χ1v) is 6.68. The molecule has 17 heavy (non-hydrogen) atoms. The lowest BCUT2D eigenvalue weighted by Gasteiger charge is -2.08. The SMILES string of the molecule is CCc1cc(Br)cc(OCC(=O)NC2CC2)c1. The Bertz CT molecular complexity index is 416. The monoisotopic (exact) mass is 297 g/mol. The summed E-state index contributed by atoms with van der Waals surface area (Å²) in [6.45, 7) is 2.18. The van der Waals surface area contributed by atoms with E-state index in [2.05, 4.69) is 34.2 Å². The van der Waals surface area contributed by atoms with Gasteiger partial charge in [-0.2, -0.15) is 0 Å². The fraction of sp³-hybridized carbons (Fsp3) is 0.462. The van der Waals surface area contributed by atoms with E-state index in [0.29, 0.717) is 6.04 Å². The number of nitrogens with one attached hydrogen (secondary N) is 1. The highest BCUT2D eigenvalue weighted by atomic mass is 79.9. The van der Waals surface area contributed by atoms with E-state index < -0.39 is 0 Å². The van der Waals surface area contributed by atoms with Crippen LogP contribution in [0.1, 0.15) is 25.3 Å². The first-order chi connectivity index (χ1) is 8.17. The van der Waals surface area contributed by atoms with Crippen LogP contribution in [-0.4, -0.2) is 18.6 Å². The molecule has 0 aromatic heterocycles. The summed E-state index contributed by atoms with van der Waals surface area (Å²) in [4.78, 5) is 11.5. The molecule has 0 atom stereocenters. The van der Waals surface area contributed by atoms with E-state index in [0.717, 1.165) is 29.5 Å². The fourth-order valence-corrected chi connectivity index (χ4v) is 2.07. The summed E-state index contributed by atoms with van der Waals surface area (Å²) in [6, 6.07) is 6.29. The van der Waals surface area contributed by atoms with Crippen molar-refractivity contribution in [1.29, 1.82) is 0 Å². The maximum absolute atomic E-state index is 11.5. The molecule has 0 spiro atoms. The van der Waals surface area contributed by atoms with Crippen LogP contribution in [0.5, 0.6) is 5.75 Å². The second kappa shape index (κ2) is 5.54. The van der Waals surface area contributed by atoms with Gasteiger partial charge in [0.1, 0.15) is 5.75 Å². The number of amides is 1. The van der Waals surface area contributed by atoms with Gasteiger partial charge >= 0.3 is 0 Å². The third-order valence-corrected chi connectivity index (χ3v) is 3.11. The van der Waals surface area contributed by atoms with Gasteiger partial charge in [-0.15, -0.1) is 0 Å². The molecule has 1 fully saturated rings. The topological polar surface area (TPSA) is 38.3 Å². The molecule has 0 unspecified atom stereocenters. The van der Waals surface area contributed by atoms with Crippen molar-refractivity contribution in [2.45, 2.75) is 32.2 Å². The number of carbonyl (C=O) groups is 1. The van der Waals surface area contributed by atoms with Crippen LogP contribution in [0.15, 0.2) is 22.7 Å². The van der Waals surface area contributed by atoms with Crippen molar-refractivity contribution < 1.29 is 9.53 Å². The molecule has 1 aliphatic rings. The number of benzene rings is 1. The van der Waals surface area contributed by atoms with Crippen molar-refractivity contribution in [1.82, 2.24) is 5.32 Å². The van der Waals surface area contributed by atoms with Gasteiger partial charge < -0.3 is 10.1 Å². The minimum atomic E-state index is -0.0366. The van der Waals surface area contributed by atoms with Crippen molar-refractivity contribution in [3.8, 4) is 5.75 Å². The van der Waals surface area contributed by atoms with Gasteiger partial charge in [-0.05, 0) is 43.0 Å². The number of halogens is 1. The van der Waals surface area contributed by atoms with E-state index in [9.17, 15) is 4.79 Å². The molecule has 0 aliphatic heterocycles. The zero-order valence-electron chi connectivity index (χ0n) is 9.83. The van der Waals surface area contributed by atoms with Crippen LogP contribution in [0.25, 0.3) is 0 Å². The smallest absolute Gasteiger partial charge is 0.258 e. The highest BCUT2D eigenvalue weighted by molar-refractivity contribution is 9.10. The minimum absolute atomic E-state index is 0.0366. The third kappa shape index (κ3) is 4.04. The molecule has 0 saturated heterocycles. The van der Waals surface area contributed by atoms with Crippen LogP contribution in [0.2, 0.25) is 0 Å². The summed E-state index contributed by atoms with van der Waals surface area (Å²) in [5.41, 5.74) is 1.19. The highest BCUT2D eigenvalue weighted by Crippen LogP contribution is 2.22. The lowest BCUT2D eigenvalue weighted by atomic mass is 10.2.